The molecule has 0 aliphatic heterocycles. The van der Waals surface area contributed by atoms with Crippen LogP contribution in [0.4, 0.5) is 5.69 Å². The number of benzene rings is 1. The van der Waals surface area contributed by atoms with Gasteiger partial charge in [0, 0.05) is 29.8 Å². The normalized spacial score (nSPS) is 12.9. The SMILES string of the molecule is CNC(C)c1ccc(Br)cc1N(C)CC(C)C. The van der Waals surface area contributed by atoms with Crippen LogP contribution in [0.25, 0.3) is 0 Å². The summed E-state index contributed by atoms with van der Waals surface area (Å²) in [5, 5.41) is 3.31. The highest BCUT2D eigenvalue weighted by Crippen LogP contribution is 2.29. The molecule has 96 valence electrons. The first kappa shape index (κ1) is 14.5. The van der Waals surface area contributed by atoms with Crippen LogP contribution in [-0.4, -0.2) is 20.6 Å². The Morgan fingerprint density at radius 3 is 2.47 bits per heavy atom. The molecular formula is C14H23BrN2. The minimum absolute atomic E-state index is 0.368. The van der Waals surface area contributed by atoms with Gasteiger partial charge in [-0.1, -0.05) is 35.8 Å². The average Bonchev–Trinajstić information content (AvgIpc) is 2.27. The maximum absolute atomic E-state index is 3.55. The van der Waals surface area contributed by atoms with E-state index in [1.807, 2.05) is 7.05 Å². The Morgan fingerprint density at radius 1 is 1.29 bits per heavy atom. The van der Waals surface area contributed by atoms with E-state index < -0.39 is 0 Å². The molecule has 0 radical (unpaired) electrons. The van der Waals surface area contributed by atoms with Crippen molar-refractivity contribution in [2.75, 3.05) is 25.5 Å². The fourth-order valence-corrected chi connectivity index (χ4v) is 2.36. The van der Waals surface area contributed by atoms with E-state index in [1.54, 1.807) is 0 Å². The smallest absolute Gasteiger partial charge is 0.0423 e. The zero-order valence-electron chi connectivity index (χ0n) is 11.4. The van der Waals surface area contributed by atoms with E-state index in [4.69, 9.17) is 0 Å². The van der Waals surface area contributed by atoms with Gasteiger partial charge < -0.3 is 10.2 Å². The third-order valence-corrected chi connectivity index (χ3v) is 3.44. The van der Waals surface area contributed by atoms with Crippen LogP contribution in [0.2, 0.25) is 0 Å². The summed E-state index contributed by atoms with van der Waals surface area (Å²) in [6, 6.07) is 6.87. The summed E-state index contributed by atoms with van der Waals surface area (Å²) in [4.78, 5) is 2.33. The standard InChI is InChI=1S/C14H23BrN2/c1-10(2)9-17(5)14-8-12(15)6-7-13(14)11(3)16-4/h6-8,10-11,16H,9H2,1-5H3. The van der Waals surface area contributed by atoms with Crippen molar-refractivity contribution < 1.29 is 0 Å². The summed E-state index contributed by atoms with van der Waals surface area (Å²) in [6.07, 6.45) is 0. The zero-order valence-corrected chi connectivity index (χ0v) is 13.0. The molecule has 0 aliphatic rings. The van der Waals surface area contributed by atoms with Gasteiger partial charge in [-0.25, -0.2) is 0 Å². The van der Waals surface area contributed by atoms with Gasteiger partial charge in [0.2, 0.25) is 0 Å². The molecule has 1 unspecified atom stereocenters. The topological polar surface area (TPSA) is 15.3 Å². The Balaban J connectivity index is 3.06. The summed E-state index contributed by atoms with van der Waals surface area (Å²) < 4.78 is 1.13. The van der Waals surface area contributed by atoms with Crippen molar-refractivity contribution in [1.82, 2.24) is 5.32 Å². The first-order chi connectivity index (χ1) is 7.95. The molecule has 0 heterocycles. The van der Waals surface area contributed by atoms with Crippen molar-refractivity contribution in [3.8, 4) is 0 Å². The van der Waals surface area contributed by atoms with Crippen molar-refractivity contribution in [2.24, 2.45) is 5.92 Å². The van der Waals surface area contributed by atoms with Crippen LogP contribution >= 0.6 is 15.9 Å². The Bertz CT molecular complexity index is 363. The molecule has 2 nitrogen and oxygen atoms in total. The number of nitrogens with zero attached hydrogens (tertiary/aromatic N) is 1. The molecule has 17 heavy (non-hydrogen) atoms. The maximum atomic E-state index is 3.55. The van der Waals surface area contributed by atoms with E-state index in [-0.39, 0.29) is 0 Å². The zero-order chi connectivity index (χ0) is 13.0. The number of anilines is 1. The van der Waals surface area contributed by atoms with E-state index in [0.29, 0.717) is 12.0 Å². The lowest BCUT2D eigenvalue weighted by atomic mass is 10.0. The summed E-state index contributed by atoms with van der Waals surface area (Å²) in [6.45, 7) is 7.75. The van der Waals surface area contributed by atoms with Gasteiger partial charge in [0.1, 0.15) is 0 Å². The third kappa shape index (κ3) is 4.00. The van der Waals surface area contributed by atoms with E-state index in [9.17, 15) is 0 Å². The number of hydrogen-bond donors (Lipinski definition) is 1. The van der Waals surface area contributed by atoms with Gasteiger partial charge in [-0.05, 0) is 37.6 Å². The highest BCUT2D eigenvalue weighted by Gasteiger charge is 2.13. The summed E-state index contributed by atoms with van der Waals surface area (Å²) in [5.74, 6) is 0.664. The first-order valence-corrected chi connectivity index (χ1v) is 6.92. The van der Waals surface area contributed by atoms with Gasteiger partial charge in [-0.2, -0.15) is 0 Å². The van der Waals surface area contributed by atoms with Crippen LogP contribution in [0.3, 0.4) is 0 Å². The Labute approximate surface area is 114 Å². The molecule has 3 heteroatoms. The van der Waals surface area contributed by atoms with E-state index in [1.165, 1.54) is 11.3 Å². The molecule has 1 aromatic rings. The molecule has 0 fully saturated rings. The number of nitrogens with one attached hydrogen (secondary N) is 1. The number of halogens is 1. The van der Waals surface area contributed by atoms with Crippen molar-refractivity contribution in [3.05, 3.63) is 28.2 Å². The van der Waals surface area contributed by atoms with Crippen LogP contribution in [0.1, 0.15) is 32.4 Å². The Kier molecular flexibility index (Phi) is 5.47. The molecule has 1 rings (SSSR count). The molecule has 0 saturated carbocycles. The monoisotopic (exact) mass is 298 g/mol. The Morgan fingerprint density at radius 2 is 1.94 bits per heavy atom. The molecule has 0 aromatic heterocycles. The first-order valence-electron chi connectivity index (χ1n) is 6.13. The molecule has 1 atom stereocenters. The second kappa shape index (κ2) is 6.41. The molecule has 1 aromatic carbocycles. The van der Waals surface area contributed by atoms with E-state index in [0.717, 1.165) is 11.0 Å². The second-order valence-corrected chi connectivity index (χ2v) is 5.90. The fraction of sp³-hybridized carbons (Fsp3) is 0.571. The lowest BCUT2D eigenvalue weighted by Gasteiger charge is -2.26. The van der Waals surface area contributed by atoms with Gasteiger partial charge in [0.15, 0.2) is 0 Å². The van der Waals surface area contributed by atoms with Crippen LogP contribution in [-0.2, 0) is 0 Å². The van der Waals surface area contributed by atoms with Crippen LogP contribution in [0.15, 0.2) is 22.7 Å². The summed E-state index contributed by atoms with van der Waals surface area (Å²) in [5.41, 5.74) is 2.65. The number of rotatable bonds is 5. The van der Waals surface area contributed by atoms with Gasteiger partial charge in [0.25, 0.3) is 0 Å². The van der Waals surface area contributed by atoms with Gasteiger partial charge in [-0.15, -0.1) is 0 Å². The van der Waals surface area contributed by atoms with Gasteiger partial charge >= 0.3 is 0 Å². The molecular weight excluding hydrogens is 276 g/mol. The van der Waals surface area contributed by atoms with Crippen LogP contribution < -0.4 is 10.2 Å². The fourth-order valence-electron chi connectivity index (χ4n) is 2.02. The van der Waals surface area contributed by atoms with Crippen molar-refractivity contribution in [1.29, 1.82) is 0 Å². The van der Waals surface area contributed by atoms with Crippen LogP contribution in [0, 0.1) is 5.92 Å². The predicted octanol–water partition coefficient (Wildman–Crippen LogP) is 3.82. The van der Waals surface area contributed by atoms with Gasteiger partial charge in [-0.3, -0.25) is 0 Å². The van der Waals surface area contributed by atoms with Gasteiger partial charge in [0.05, 0.1) is 0 Å². The highest BCUT2D eigenvalue weighted by atomic mass is 79.9. The lowest BCUT2D eigenvalue weighted by Crippen LogP contribution is -2.25. The quantitative estimate of drug-likeness (QED) is 0.889. The molecule has 0 bridgehead atoms. The van der Waals surface area contributed by atoms with Crippen molar-refractivity contribution in [2.45, 2.75) is 26.8 Å². The minimum atomic E-state index is 0.368. The maximum Gasteiger partial charge on any atom is 0.0423 e. The van der Waals surface area contributed by atoms with Crippen LogP contribution in [0.5, 0.6) is 0 Å². The summed E-state index contributed by atoms with van der Waals surface area (Å²) >= 11 is 3.55. The predicted molar refractivity (Wildman–Crippen MR) is 79.7 cm³/mol. The van der Waals surface area contributed by atoms with E-state index >= 15 is 0 Å². The average molecular weight is 299 g/mol. The van der Waals surface area contributed by atoms with E-state index in [2.05, 4.69) is 72.2 Å². The third-order valence-electron chi connectivity index (χ3n) is 2.94. The number of hydrogen-bond acceptors (Lipinski definition) is 2. The molecule has 1 N–H and O–H groups in total. The van der Waals surface area contributed by atoms with Crippen molar-refractivity contribution in [3.63, 3.8) is 0 Å². The lowest BCUT2D eigenvalue weighted by molar-refractivity contribution is 0.622. The molecule has 0 amide bonds. The minimum Gasteiger partial charge on any atom is -0.374 e. The Hall–Kier alpha value is -0.540. The molecule has 0 spiro atoms. The molecule has 0 saturated heterocycles. The second-order valence-electron chi connectivity index (χ2n) is 4.99. The van der Waals surface area contributed by atoms with Crippen molar-refractivity contribution >= 4 is 21.6 Å². The molecule has 0 aliphatic carbocycles. The largest absolute Gasteiger partial charge is 0.374 e. The highest BCUT2D eigenvalue weighted by molar-refractivity contribution is 9.10. The summed E-state index contributed by atoms with van der Waals surface area (Å²) in [7, 11) is 4.16.